The van der Waals surface area contributed by atoms with E-state index in [2.05, 4.69) is 36.8 Å². The molecule has 1 aliphatic rings. The van der Waals surface area contributed by atoms with Gasteiger partial charge in [-0.1, -0.05) is 31.9 Å². The van der Waals surface area contributed by atoms with Gasteiger partial charge in [0.15, 0.2) is 0 Å². The first-order valence-electron chi connectivity index (χ1n) is 5.57. The first-order chi connectivity index (χ1) is 8.25. The summed E-state index contributed by atoms with van der Waals surface area (Å²) in [5.74, 6) is -0.137. The number of amides is 1. The number of carbonyl (C=O) groups excluding carboxylic acids is 1. The van der Waals surface area contributed by atoms with Crippen LogP contribution in [0.1, 0.15) is 47.7 Å². The third-order valence-electron chi connectivity index (χ3n) is 3.19. The van der Waals surface area contributed by atoms with Crippen molar-refractivity contribution in [3.8, 4) is 0 Å². The summed E-state index contributed by atoms with van der Waals surface area (Å²) in [4.78, 5) is 28.1. The van der Waals surface area contributed by atoms with Crippen molar-refractivity contribution in [3.63, 3.8) is 0 Å². The van der Waals surface area contributed by atoms with Crippen molar-refractivity contribution in [2.75, 3.05) is 0 Å². The van der Waals surface area contributed by atoms with Crippen molar-refractivity contribution >= 4 is 37.8 Å². The molecule has 1 amide bonds. The van der Waals surface area contributed by atoms with Gasteiger partial charge < -0.3 is 5.73 Å². The second-order valence-electron chi connectivity index (χ2n) is 4.53. The number of halogens is 2. The highest BCUT2D eigenvalue weighted by Gasteiger charge is 2.38. The zero-order chi connectivity index (χ0) is 13.7. The summed E-state index contributed by atoms with van der Waals surface area (Å²) in [5, 5.41) is 0. The lowest BCUT2D eigenvalue weighted by Gasteiger charge is -2.33. The zero-order valence-electron chi connectivity index (χ0n) is 10.0. The first-order valence-corrected chi connectivity index (χ1v) is 7.15. The van der Waals surface area contributed by atoms with E-state index in [0.29, 0.717) is 11.5 Å². The molecule has 5 nitrogen and oxygen atoms in total. The van der Waals surface area contributed by atoms with Gasteiger partial charge in [0.25, 0.3) is 11.5 Å². The van der Waals surface area contributed by atoms with Gasteiger partial charge in [-0.25, -0.2) is 4.98 Å². The van der Waals surface area contributed by atoms with Crippen molar-refractivity contribution in [3.05, 3.63) is 27.4 Å². The predicted molar refractivity (Wildman–Crippen MR) is 75.2 cm³/mol. The molecule has 1 aromatic rings. The number of hydrogen-bond donors (Lipinski definition) is 1. The van der Waals surface area contributed by atoms with Crippen molar-refractivity contribution in [1.29, 1.82) is 0 Å². The molecule has 0 fully saturated rings. The third kappa shape index (κ3) is 2.03. The molecule has 1 unspecified atom stereocenters. The highest BCUT2D eigenvalue weighted by atomic mass is 79.9. The minimum absolute atomic E-state index is 0.00178. The Hall–Kier alpha value is -0.690. The van der Waals surface area contributed by atoms with Gasteiger partial charge >= 0.3 is 0 Å². The number of primary amides is 1. The van der Waals surface area contributed by atoms with E-state index in [1.54, 1.807) is 11.5 Å². The molecule has 2 N–H and O–H groups in total. The largest absolute Gasteiger partial charge is 0.365 e. The molecule has 2 heterocycles. The number of aromatic nitrogens is 2. The summed E-state index contributed by atoms with van der Waals surface area (Å²) >= 11 is 7.05. The highest BCUT2D eigenvalue weighted by molar-refractivity contribution is 9.24. The van der Waals surface area contributed by atoms with Gasteiger partial charge in [-0.15, -0.1) is 0 Å². The molecular weight excluding hydrogens is 366 g/mol. The number of hydrogen-bond acceptors (Lipinski definition) is 3. The summed E-state index contributed by atoms with van der Waals surface area (Å²) < 4.78 is 1.02. The van der Waals surface area contributed by atoms with Crippen LogP contribution in [0.25, 0.3) is 0 Å². The average molecular weight is 379 g/mol. The Kier molecular flexibility index (Phi) is 3.40. The molecule has 0 saturated heterocycles. The average Bonchev–Trinajstić information content (AvgIpc) is 2.23. The summed E-state index contributed by atoms with van der Waals surface area (Å²) in [7, 11) is 0. The molecule has 7 heteroatoms. The Balaban J connectivity index is 2.83. The lowest BCUT2D eigenvalue weighted by Crippen LogP contribution is -2.41. The SMILES string of the molecule is Cc1nc2n(c(=O)c1C(N)=O)C(C)CCC2(Br)Br. The fraction of sp³-hybridized carbons (Fsp3) is 0.545. The molecule has 0 radical (unpaired) electrons. The lowest BCUT2D eigenvalue weighted by molar-refractivity contribution is 0.0996. The number of alkyl halides is 2. The second kappa shape index (κ2) is 4.45. The topological polar surface area (TPSA) is 78.0 Å². The van der Waals surface area contributed by atoms with Crippen LogP contribution in [0, 0.1) is 6.92 Å². The summed E-state index contributed by atoms with van der Waals surface area (Å²) in [6, 6.07) is 0.00178. The maximum Gasteiger partial charge on any atom is 0.266 e. The fourth-order valence-electron chi connectivity index (χ4n) is 2.22. The van der Waals surface area contributed by atoms with Gasteiger partial charge in [0.1, 0.15) is 14.6 Å². The van der Waals surface area contributed by atoms with Crippen LogP contribution in [-0.4, -0.2) is 15.5 Å². The zero-order valence-corrected chi connectivity index (χ0v) is 13.2. The van der Waals surface area contributed by atoms with Crippen LogP contribution in [-0.2, 0) is 3.23 Å². The number of aryl methyl sites for hydroxylation is 1. The number of nitrogens with two attached hydrogens (primary N) is 1. The third-order valence-corrected chi connectivity index (χ3v) is 4.69. The second-order valence-corrected chi connectivity index (χ2v) is 8.30. The number of nitrogens with zero attached hydrogens (tertiary/aromatic N) is 2. The first kappa shape index (κ1) is 13.7. The Labute approximate surface area is 121 Å². The quantitative estimate of drug-likeness (QED) is 0.758. The smallest absolute Gasteiger partial charge is 0.266 e. The van der Waals surface area contributed by atoms with E-state index in [9.17, 15) is 9.59 Å². The van der Waals surface area contributed by atoms with Crippen molar-refractivity contribution in [2.45, 2.75) is 36.0 Å². The van der Waals surface area contributed by atoms with Crippen LogP contribution < -0.4 is 11.3 Å². The van der Waals surface area contributed by atoms with Crippen molar-refractivity contribution in [1.82, 2.24) is 9.55 Å². The maximum atomic E-state index is 12.4. The number of fused-ring (bicyclic) bond motifs is 1. The van der Waals surface area contributed by atoms with Gasteiger partial charge in [0.05, 0.1) is 5.69 Å². The van der Waals surface area contributed by atoms with E-state index < -0.39 is 9.14 Å². The van der Waals surface area contributed by atoms with Crippen LogP contribution in [0.15, 0.2) is 4.79 Å². The molecule has 0 aromatic carbocycles. The summed E-state index contributed by atoms with van der Waals surface area (Å²) in [6.07, 6.45) is 1.63. The van der Waals surface area contributed by atoms with Crippen LogP contribution in [0.5, 0.6) is 0 Å². The molecule has 18 heavy (non-hydrogen) atoms. The number of carbonyl (C=O) groups is 1. The Morgan fingerprint density at radius 2 is 2.17 bits per heavy atom. The molecule has 0 saturated carbocycles. The van der Waals surface area contributed by atoms with E-state index in [1.165, 1.54) is 0 Å². The predicted octanol–water partition coefficient (Wildman–Crippen LogP) is 1.95. The molecular formula is C11H13Br2N3O2. The van der Waals surface area contributed by atoms with Gasteiger partial charge in [0.2, 0.25) is 0 Å². The molecule has 0 spiro atoms. The van der Waals surface area contributed by atoms with Crippen molar-refractivity contribution < 1.29 is 4.79 Å². The van der Waals surface area contributed by atoms with E-state index in [-0.39, 0.29) is 17.2 Å². The highest BCUT2D eigenvalue weighted by Crippen LogP contribution is 2.46. The van der Waals surface area contributed by atoms with E-state index in [0.717, 1.165) is 12.8 Å². The monoisotopic (exact) mass is 377 g/mol. The molecule has 2 rings (SSSR count). The molecule has 98 valence electrons. The molecule has 0 bridgehead atoms. The molecule has 0 aliphatic carbocycles. The normalized spacial score (nSPS) is 21.4. The van der Waals surface area contributed by atoms with Gasteiger partial charge in [-0.3, -0.25) is 14.2 Å². The standard InChI is InChI=1S/C11H13Br2N3O2/c1-5-3-4-11(12,13)10-15-6(2)7(8(14)17)9(18)16(5)10/h5H,3-4H2,1-2H3,(H2,14,17). The maximum absolute atomic E-state index is 12.4. The Morgan fingerprint density at radius 1 is 1.56 bits per heavy atom. The van der Waals surface area contributed by atoms with Crippen molar-refractivity contribution in [2.24, 2.45) is 5.73 Å². The molecule has 1 aliphatic heterocycles. The van der Waals surface area contributed by atoms with E-state index >= 15 is 0 Å². The molecule has 1 atom stereocenters. The minimum Gasteiger partial charge on any atom is -0.365 e. The van der Waals surface area contributed by atoms with Gasteiger partial charge in [-0.05, 0) is 26.7 Å². The summed E-state index contributed by atoms with van der Waals surface area (Å²) in [6.45, 7) is 3.56. The lowest BCUT2D eigenvalue weighted by atomic mass is 10.0. The van der Waals surface area contributed by atoms with E-state index in [1.807, 2.05) is 6.92 Å². The van der Waals surface area contributed by atoms with Crippen LogP contribution in [0.4, 0.5) is 0 Å². The van der Waals surface area contributed by atoms with Crippen LogP contribution in [0.3, 0.4) is 0 Å². The summed E-state index contributed by atoms with van der Waals surface area (Å²) in [5.41, 5.74) is 5.23. The van der Waals surface area contributed by atoms with Gasteiger partial charge in [-0.2, -0.15) is 0 Å². The number of rotatable bonds is 1. The van der Waals surface area contributed by atoms with Crippen LogP contribution in [0.2, 0.25) is 0 Å². The minimum atomic E-state index is -0.729. The van der Waals surface area contributed by atoms with Gasteiger partial charge in [0, 0.05) is 6.04 Å². The Bertz CT molecular complexity index is 580. The van der Waals surface area contributed by atoms with E-state index in [4.69, 9.17) is 5.73 Å². The fourth-order valence-corrected chi connectivity index (χ4v) is 3.24. The molecule has 1 aromatic heterocycles. The van der Waals surface area contributed by atoms with Crippen LogP contribution >= 0.6 is 31.9 Å². The Morgan fingerprint density at radius 3 is 2.72 bits per heavy atom.